The van der Waals surface area contributed by atoms with Crippen LogP contribution in [0.3, 0.4) is 0 Å². The average molecular weight is 215 g/mol. The summed E-state index contributed by atoms with van der Waals surface area (Å²) < 4.78 is 13.4. The number of hydrogen-bond acceptors (Lipinski definition) is 1. The number of rotatable bonds is 3. The first-order valence-electron chi connectivity index (χ1n) is 4.28. The van der Waals surface area contributed by atoms with E-state index in [0.717, 1.165) is 5.57 Å². The summed E-state index contributed by atoms with van der Waals surface area (Å²) in [4.78, 5) is 0. The summed E-state index contributed by atoms with van der Waals surface area (Å²) in [6, 6.07) is 4.59. The van der Waals surface area contributed by atoms with E-state index in [2.05, 4.69) is 6.58 Å². The van der Waals surface area contributed by atoms with Gasteiger partial charge in [0.2, 0.25) is 0 Å². The van der Waals surface area contributed by atoms with Gasteiger partial charge in [-0.25, -0.2) is 4.39 Å². The normalized spacial score (nSPS) is 12.6. The Kier molecular flexibility index (Phi) is 3.67. The lowest BCUT2D eigenvalue weighted by atomic mass is 10.0. The largest absolute Gasteiger partial charge is 0.388 e. The van der Waals surface area contributed by atoms with Crippen LogP contribution in [-0.2, 0) is 0 Å². The molecular formula is C11H12ClFO. The lowest BCUT2D eigenvalue weighted by molar-refractivity contribution is 0.173. The van der Waals surface area contributed by atoms with Gasteiger partial charge in [-0.3, -0.25) is 0 Å². The van der Waals surface area contributed by atoms with Crippen molar-refractivity contribution >= 4 is 11.6 Å². The standard InChI is InChI=1S/C11H12ClFO/c1-7(2)6-10(14)8-4-3-5-9(12)11(8)13/h3-5,10,14H,1,6H2,2H3. The summed E-state index contributed by atoms with van der Waals surface area (Å²) in [6.45, 7) is 5.44. The Balaban J connectivity index is 2.95. The maximum atomic E-state index is 13.4. The van der Waals surface area contributed by atoms with Gasteiger partial charge in [0.15, 0.2) is 0 Å². The third kappa shape index (κ3) is 2.56. The van der Waals surface area contributed by atoms with Crippen LogP contribution in [-0.4, -0.2) is 5.11 Å². The van der Waals surface area contributed by atoms with E-state index in [4.69, 9.17) is 11.6 Å². The van der Waals surface area contributed by atoms with Crippen molar-refractivity contribution in [1.29, 1.82) is 0 Å². The Labute approximate surface area is 87.8 Å². The molecule has 0 aromatic heterocycles. The molecule has 0 saturated heterocycles. The second-order valence-corrected chi connectivity index (χ2v) is 3.73. The zero-order valence-corrected chi connectivity index (χ0v) is 8.68. The molecule has 0 radical (unpaired) electrons. The first kappa shape index (κ1) is 11.2. The fraction of sp³-hybridized carbons (Fsp3) is 0.273. The van der Waals surface area contributed by atoms with Crippen LogP contribution in [0.5, 0.6) is 0 Å². The molecule has 14 heavy (non-hydrogen) atoms. The third-order valence-electron chi connectivity index (χ3n) is 1.88. The minimum atomic E-state index is -0.869. The van der Waals surface area contributed by atoms with E-state index in [9.17, 15) is 9.50 Å². The lowest BCUT2D eigenvalue weighted by Crippen LogP contribution is -2.01. The van der Waals surface area contributed by atoms with Crippen molar-refractivity contribution in [2.75, 3.05) is 0 Å². The van der Waals surface area contributed by atoms with Crippen molar-refractivity contribution in [2.45, 2.75) is 19.4 Å². The molecule has 1 atom stereocenters. The molecular weight excluding hydrogens is 203 g/mol. The van der Waals surface area contributed by atoms with E-state index in [-0.39, 0.29) is 10.6 Å². The van der Waals surface area contributed by atoms with E-state index >= 15 is 0 Å². The van der Waals surface area contributed by atoms with E-state index in [1.165, 1.54) is 12.1 Å². The Morgan fingerprint density at radius 2 is 2.29 bits per heavy atom. The Hall–Kier alpha value is -0.860. The maximum Gasteiger partial charge on any atom is 0.147 e. The molecule has 0 saturated carbocycles. The zero-order valence-electron chi connectivity index (χ0n) is 7.93. The van der Waals surface area contributed by atoms with Crippen molar-refractivity contribution in [3.63, 3.8) is 0 Å². The molecule has 1 nitrogen and oxygen atoms in total. The summed E-state index contributed by atoms with van der Waals surface area (Å²) in [7, 11) is 0. The molecule has 0 amide bonds. The molecule has 0 spiro atoms. The molecule has 3 heteroatoms. The molecule has 1 aromatic carbocycles. The summed E-state index contributed by atoms with van der Waals surface area (Å²) in [5.74, 6) is -0.553. The number of aliphatic hydroxyl groups excluding tert-OH is 1. The molecule has 1 unspecified atom stereocenters. The van der Waals surface area contributed by atoms with Crippen molar-refractivity contribution in [3.8, 4) is 0 Å². The Morgan fingerprint density at radius 1 is 1.64 bits per heavy atom. The van der Waals surface area contributed by atoms with Crippen LogP contribution in [0.1, 0.15) is 25.0 Å². The third-order valence-corrected chi connectivity index (χ3v) is 2.17. The number of benzene rings is 1. The lowest BCUT2D eigenvalue weighted by Gasteiger charge is -2.12. The number of hydrogen-bond donors (Lipinski definition) is 1. The highest BCUT2D eigenvalue weighted by Gasteiger charge is 2.14. The maximum absolute atomic E-state index is 13.4. The molecule has 0 fully saturated rings. The van der Waals surface area contributed by atoms with Gasteiger partial charge in [-0.2, -0.15) is 0 Å². The van der Waals surface area contributed by atoms with Gasteiger partial charge < -0.3 is 5.11 Å². The predicted octanol–water partition coefficient (Wildman–Crippen LogP) is 3.48. The first-order valence-corrected chi connectivity index (χ1v) is 4.66. The van der Waals surface area contributed by atoms with Crippen LogP contribution in [0.4, 0.5) is 4.39 Å². The second kappa shape index (κ2) is 4.58. The van der Waals surface area contributed by atoms with Crippen LogP contribution < -0.4 is 0 Å². The van der Waals surface area contributed by atoms with E-state index < -0.39 is 11.9 Å². The van der Waals surface area contributed by atoms with Crippen molar-refractivity contribution in [1.82, 2.24) is 0 Å². The van der Waals surface area contributed by atoms with E-state index in [1.807, 2.05) is 0 Å². The molecule has 1 rings (SSSR count). The minimum absolute atomic E-state index is 0.0308. The van der Waals surface area contributed by atoms with Crippen LogP contribution >= 0.6 is 11.6 Å². The Bertz CT molecular complexity index is 349. The molecule has 76 valence electrons. The molecule has 0 aliphatic heterocycles. The van der Waals surface area contributed by atoms with Gasteiger partial charge in [0.25, 0.3) is 0 Å². The highest BCUT2D eigenvalue weighted by molar-refractivity contribution is 6.30. The van der Waals surface area contributed by atoms with Crippen LogP contribution in [0.2, 0.25) is 5.02 Å². The van der Waals surface area contributed by atoms with Gasteiger partial charge in [-0.15, -0.1) is 6.58 Å². The van der Waals surface area contributed by atoms with Crippen molar-refractivity contribution in [2.24, 2.45) is 0 Å². The van der Waals surface area contributed by atoms with Crippen molar-refractivity contribution < 1.29 is 9.50 Å². The van der Waals surface area contributed by atoms with E-state index in [1.54, 1.807) is 13.0 Å². The van der Waals surface area contributed by atoms with Crippen LogP contribution in [0.25, 0.3) is 0 Å². The summed E-state index contributed by atoms with van der Waals surface area (Å²) in [5.41, 5.74) is 1.03. The summed E-state index contributed by atoms with van der Waals surface area (Å²) in [6.07, 6.45) is -0.525. The van der Waals surface area contributed by atoms with Gasteiger partial charge in [-0.05, 0) is 19.4 Å². The molecule has 1 aromatic rings. The Morgan fingerprint density at radius 3 is 2.86 bits per heavy atom. The van der Waals surface area contributed by atoms with Gasteiger partial charge in [0.05, 0.1) is 11.1 Å². The summed E-state index contributed by atoms with van der Waals surface area (Å²) in [5, 5.41) is 9.67. The van der Waals surface area contributed by atoms with Crippen molar-refractivity contribution in [3.05, 3.63) is 46.8 Å². The highest BCUT2D eigenvalue weighted by atomic mass is 35.5. The van der Waals surface area contributed by atoms with Gasteiger partial charge in [0, 0.05) is 5.56 Å². The van der Waals surface area contributed by atoms with Crippen LogP contribution in [0.15, 0.2) is 30.4 Å². The number of halogens is 2. The predicted molar refractivity (Wildman–Crippen MR) is 55.8 cm³/mol. The molecule has 1 N–H and O–H groups in total. The smallest absolute Gasteiger partial charge is 0.147 e. The zero-order chi connectivity index (χ0) is 10.7. The molecule has 0 bridgehead atoms. The topological polar surface area (TPSA) is 20.2 Å². The minimum Gasteiger partial charge on any atom is -0.388 e. The van der Waals surface area contributed by atoms with Gasteiger partial charge in [-0.1, -0.05) is 29.3 Å². The first-order chi connectivity index (χ1) is 6.52. The second-order valence-electron chi connectivity index (χ2n) is 3.32. The molecule has 0 aliphatic carbocycles. The van der Waals surface area contributed by atoms with Crippen LogP contribution in [0, 0.1) is 5.82 Å². The fourth-order valence-corrected chi connectivity index (χ4v) is 1.40. The highest BCUT2D eigenvalue weighted by Crippen LogP contribution is 2.26. The molecule has 0 heterocycles. The average Bonchev–Trinajstić information content (AvgIpc) is 2.08. The van der Waals surface area contributed by atoms with Gasteiger partial charge >= 0.3 is 0 Å². The van der Waals surface area contributed by atoms with Gasteiger partial charge in [0.1, 0.15) is 5.82 Å². The SMILES string of the molecule is C=C(C)CC(O)c1cccc(Cl)c1F. The van der Waals surface area contributed by atoms with E-state index in [0.29, 0.717) is 6.42 Å². The number of aliphatic hydroxyl groups is 1. The fourth-order valence-electron chi connectivity index (χ4n) is 1.22. The monoisotopic (exact) mass is 214 g/mol. The molecule has 0 aliphatic rings. The summed E-state index contributed by atoms with van der Waals surface area (Å²) >= 11 is 5.59. The quantitative estimate of drug-likeness (QED) is 0.764.